The number of aliphatic imine (C=N–C) groups is 1. The lowest BCUT2D eigenvalue weighted by Gasteiger charge is -2.04. The summed E-state index contributed by atoms with van der Waals surface area (Å²) in [5, 5.41) is 8.59. The summed E-state index contributed by atoms with van der Waals surface area (Å²) in [5.41, 5.74) is 0.559. The number of fused-ring (bicyclic) bond motifs is 1. The third kappa shape index (κ3) is 0.952. The van der Waals surface area contributed by atoms with Gasteiger partial charge in [0.25, 0.3) is 0 Å². The molecule has 0 spiro atoms. The lowest BCUT2D eigenvalue weighted by molar-refractivity contribution is 0.196. The quantitative estimate of drug-likeness (QED) is 0.627. The van der Waals surface area contributed by atoms with E-state index in [-0.39, 0.29) is 0 Å². The molecule has 1 aromatic heterocycles. The van der Waals surface area contributed by atoms with Crippen molar-refractivity contribution in [2.24, 2.45) is 4.99 Å². The van der Waals surface area contributed by atoms with Gasteiger partial charge in [0.1, 0.15) is 12.3 Å². The Labute approximate surface area is 67.9 Å². The zero-order valence-electron chi connectivity index (χ0n) is 6.10. The van der Waals surface area contributed by atoms with Crippen molar-refractivity contribution in [2.75, 3.05) is 6.61 Å². The zero-order valence-corrected chi connectivity index (χ0v) is 6.10. The number of aromatic nitrogens is 1. The van der Waals surface area contributed by atoms with Gasteiger partial charge in [0.15, 0.2) is 5.75 Å². The van der Waals surface area contributed by atoms with Crippen molar-refractivity contribution in [3.8, 4) is 5.75 Å². The molecule has 2 heterocycles. The van der Waals surface area contributed by atoms with E-state index in [0.717, 1.165) is 4.57 Å². The summed E-state index contributed by atoms with van der Waals surface area (Å²) in [5.74, 6) is 0.514. The molecule has 0 saturated carbocycles. The fourth-order valence-electron chi connectivity index (χ4n) is 1.01. The van der Waals surface area contributed by atoms with E-state index < -0.39 is 6.09 Å². The molecule has 0 radical (unpaired) electrons. The Balaban J connectivity index is 2.46. The van der Waals surface area contributed by atoms with Crippen LogP contribution >= 0.6 is 0 Å². The topological polar surface area (TPSA) is 63.8 Å². The Kier molecular flexibility index (Phi) is 1.36. The van der Waals surface area contributed by atoms with E-state index in [1.165, 1.54) is 12.4 Å². The molecule has 0 amide bonds. The monoisotopic (exact) mass is 166 g/mol. The van der Waals surface area contributed by atoms with Crippen LogP contribution in [0, 0.1) is 0 Å². The first-order chi connectivity index (χ1) is 5.77. The minimum atomic E-state index is -1.04. The molecule has 0 bridgehead atoms. The van der Waals surface area contributed by atoms with Crippen molar-refractivity contribution in [3.63, 3.8) is 0 Å². The van der Waals surface area contributed by atoms with Crippen molar-refractivity contribution >= 4 is 18.0 Å². The van der Waals surface area contributed by atoms with Gasteiger partial charge in [-0.3, -0.25) is 9.56 Å². The van der Waals surface area contributed by atoms with E-state index in [1.54, 1.807) is 6.21 Å². The van der Waals surface area contributed by atoms with Gasteiger partial charge in [-0.1, -0.05) is 0 Å². The van der Waals surface area contributed by atoms with Crippen LogP contribution in [0.5, 0.6) is 5.75 Å². The summed E-state index contributed by atoms with van der Waals surface area (Å²) >= 11 is 0. The first-order valence-electron chi connectivity index (χ1n) is 3.38. The molecule has 1 aromatic rings. The molecule has 1 aliphatic rings. The molecule has 2 rings (SSSR count). The highest BCUT2D eigenvalue weighted by Gasteiger charge is 2.12. The second-order valence-electron chi connectivity index (χ2n) is 2.32. The maximum absolute atomic E-state index is 10.5. The average Bonchev–Trinajstić information content (AvgIpc) is 2.46. The van der Waals surface area contributed by atoms with Crippen LogP contribution in [0.3, 0.4) is 0 Å². The predicted octanol–water partition coefficient (Wildman–Crippen LogP) is 1.11. The van der Waals surface area contributed by atoms with Crippen molar-refractivity contribution in [1.29, 1.82) is 0 Å². The molecular weight excluding hydrogens is 160 g/mol. The molecule has 1 N–H and O–H groups in total. The lowest BCUT2D eigenvalue weighted by atomic mass is 10.4. The Morgan fingerprint density at radius 1 is 1.67 bits per heavy atom. The van der Waals surface area contributed by atoms with Gasteiger partial charge in [-0.25, -0.2) is 4.79 Å². The molecule has 62 valence electrons. The van der Waals surface area contributed by atoms with Gasteiger partial charge in [0.2, 0.25) is 0 Å². The molecule has 1 aliphatic heterocycles. The van der Waals surface area contributed by atoms with E-state index in [0.29, 0.717) is 18.0 Å². The Morgan fingerprint density at radius 2 is 2.50 bits per heavy atom. The summed E-state index contributed by atoms with van der Waals surface area (Å²) in [7, 11) is 0. The molecular formula is C7H6N2O3. The number of hydrogen-bond acceptors (Lipinski definition) is 3. The molecule has 5 nitrogen and oxygen atoms in total. The van der Waals surface area contributed by atoms with Gasteiger partial charge in [0.05, 0.1) is 6.20 Å². The zero-order chi connectivity index (χ0) is 8.55. The van der Waals surface area contributed by atoms with Crippen molar-refractivity contribution in [1.82, 2.24) is 4.57 Å². The Bertz CT molecular complexity index is 354. The van der Waals surface area contributed by atoms with Crippen LogP contribution in [-0.4, -0.2) is 28.6 Å². The maximum Gasteiger partial charge on any atom is 0.415 e. The van der Waals surface area contributed by atoms with Gasteiger partial charge >= 0.3 is 6.09 Å². The molecule has 0 fully saturated rings. The number of carboxylic acid groups (broad SMARTS) is 1. The first kappa shape index (κ1) is 6.90. The highest BCUT2D eigenvalue weighted by molar-refractivity contribution is 5.75. The van der Waals surface area contributed by atoms with Gasteiger partial charge in [-0.05, 0) is 0 Å². The second kappa shape index (κ2) is 2.37. The molecule has 0 saturated heterocycles. The predicted molar refractivity (Wildman–Crippen MR) is 41.5 cm³/mol. The minimum absolute atomic E-state index is 0.399. The fraction of sp³-hybridized carbons (Fsp3) is 0.143. The van der Waals surface area contributed by atoms with E-state index in [1.807, 2.05) is 0 Å². The number of ether oxygens (including phenoxy) is 1. The molecule has 12 heavy (non-hydrogen) atoms. The van der Waals surface area contributed by atoms with E-state index in [9.17, 15) is 4.79 Å². The summed E-state index contributed by atoms with van der Waals surface area (Å²) in [6.07, 6.45) is 3.36. The van der Waals surface area contributed by atoms with Crippen LogP contribution in [0.2, 0.25) is 0 Å². The van der Waals surface area contributed by atoms with E-state index in [2.05, 4.69) is 4.99 Å². The fourth-order valence-corrected chi connectivity index (χ4v) is 1.01. The maximum atomic E-state index is 10.5. The number of carbonyl (C=O) groups is 1. The second-order valence-corrected chi connectivity index (χ2v) is 2.32. The number of rotatable bonds is 0. The Hall–Kier alpha value is -1.78. The highest BCUT2D eigenvalue weighted by atomic mass is 16.5. The first-order valence-corrected chi connectivity index (χ1v) is 3.38. The standard InChI is InChI=1S/C7H6N2O3/c10-7(11)9-3-5-6(4-9)12-2-1-8-5/h1,3-4H,2H2,(H,10,11). The normalized spacial score (nSPS) is 13.7. The van der Waals surface area contributed by atoms with Crippen LogP contribution in [0.25, 0.3) is 0 Å². The van der Waals surface area contributed by atoms with E-state index >= 15 is 0 Å². The van der Waals surface area contributed by atoms with Crippen molar-refractivity contribution < 1.29 is 14.6 Å². The molecule has 0 aromatic carbocycles. The van der Waals surface area contributed by atoms with Crippen LogP contribution in [-0.2, 0) is 0 Å². The summed E-state index contributed by atoms with van der Waals surface area (Å²) in [6, 6.07) is 0. The third-order valence-electron chi connectivity index (χ3n) is 1.53. The summed E-state index contributed by atoms with van der Waals surface area (Å²) < 4.78 is 6.14. The van der Waals surface area contributed by atoms with Crippen molar-refractivity contribution in [2.45, 2.75) is 0 Å². The van der Waals surface area contributed by atoms with Gasteiger partial charge < -0.3 is 9.84 Å². The van der Waals surface area contributed by atoms with E-state index in [4.69, 9.17) is 9.84 Å². The minimum Gasteiger partial charge on any atom is -0.484 e. The SMILES string of the molecule is O=C(O)n1cc2c(c1)OCC=N2. The average molecular weight is 166 g/mol. The summed E-state index contributed by atoms with van der Waals surface area (Å²) in [4.78, 5) is 14.4. The Morgan fingerprint density at radius 3 is 3.17 bits per heavy atom. The largest absolute Gasteiger partial charge is 0.484 e. The highest BCUT2D eigenvalue weighted by Crippen LogP contribution is 2.29. The molecule has 0 atom stereocenters. The van der Waals surface area contributed by atoms with Crippen LogP contribution < -0.4 is 4.74 Å². The lowest BCUT2D eigenvalue weighted by Crippen LogP contribution is -2.04. The van der Waals surface area contributed by atoms with Crippen molar-refractivity contribution in [3.05, 3.63) is 12.4 Å². The molecule has 0 aliphatic carbocycles. The molecule has 0 unspecified atom stereocenters. The third-order valence-corrected chi connectivity index (χ3v) is 1.53. The van der Waals surface area contributed by atoms with Crippen LogP contribution in [0.15, 0.2) is 17.4 Å². The molecule has 5 heteroatoms. The van der Waals surface area contributed by atoms with Gasteiger partial charge in [0, 0.05) is 12.4 Å². The number of hydrogen-bond donors (Lipinski definition) is 1. The summed E-state index contributed by atoms with van der Waals surface area (Å²) in [6.45, 7) is 0.399. The van der Waals surface area contributed by atoms with Crippen LogP contribution in [0.1, 0.15) is 0 Å². The van der Waals surface area contributed by atoms with Crippen LogP contribution in [0.4, 0.5) is 10.5 Å². The smallest absolute Gasteiger partial charge is 0.415 e. The van der Waals surface area contributed by atoms with Gasteiger partial charge in [-0.2, -0.15) is 0 Å². The number of nitrogens with zero attached hydrogens (tertiary/aromatic N) is 2. The van der Waals surface area contributed by atoms with Gasteiger partial charge in [-0.15, -0.1) is 0 Å².